The summed E-state index contributed by atoms with van der Waals surface area (Å²) in [5.41, 5.74) is 0.311. The Morgan fingerprint density at radius 1 is 1.11 bits per heavy atom. The number of nitrogens with one attached hydrogen (secondary N) is 2. The average Bonchev–Trinajstić information content (AvgIpc) is 3.31. The molecule has 0 radical (unpaired) electrons. The fourth-order valence-corrected chi connectivity index (χ4v) is 3.96. The van der Waals surface area contributed by atoms with Gasteiger partial charge in [0.15, 0.2) is 0 Å². The van der Waals surface area contributed by atoms with Crippen molar-refractivity contribution in [3.05, 3.63) is 74.1 Å². The first kappa shape index (κ1) is 19.4. The summed E-state index contributed by atoms with van der Waals surface area (Å²) in [7, 11) is 0. The molecular formula is C18H15F3N2O2S2. The van der Waals surface area contributed by atoms with Crippen molar-refractivity contribution in [1.29, 1.82) is 0 Å². The van der Waals surface area contributed by atoms with E-state index in [2.05, 4.69) is 10.6 Å². The predicted molar refractivity (Wildman–Crippen MR) is 100 cm³/mol. The van der Waals surface area contributed by atoms with Gasteiger partial charge in [-0.15, -0.1) is 11.3 Å². The van der Waals surface area contributed by atoms with Crippen molar-refractivity contribution in [2.24, 2.45) is 0 Å². The Balaban J connectivity index is 1.52. The van der Waals surface area contributed by atoms with E-state index in [-0.39, 0.29) is 12.2 Å². The Bertz CT molecular complexity index is 890. The molecule has 2 amide bonds. The van der Waals surface area contributed by atoms with Crippen LogP contribution in [-0.2, 0) is 12.7 Å². The highest BCUT2D eigenvalue weighted by molar-refractivity contribution is 7.12. The minimum absolute atomic E-state index is 0.244. The number of halogens is 3. The second-order valence-electron chi connectivity index (χ2n) is 5.65. The second-order valence-corrected chi connectivity index (χ2v) is 7.63. The Morgan fingerprint density at radius 2 is 1.85 bits per heavy atom. The molecule has 2 heterocycles. The van der Waals surface area contributed by atoms with Crippen LogP contribution in [0.4, 0.5) is 23.7 Å². The van der Waals surface area contributed by atoms with Crippen molar-refractivity contribution >= 4 is 34.4 Å². The highest BCUT2D eigenvalue weighted by Gasteiger charge is 2.29. The lowest BCUT2D eigenvalue weighted by molar-refractivity contribution is -0.137. The summed E-state index contributed by atoms with van der Waals surface area (Å²) < 4.78 is 37.6. The third-order valence-electron chi connectivity index (χ3n) is 3.70. The van der Waals surface area contributed by atoms with Gasteiger partial charge in [0.05, 0.1) is 12.1 Å². The summed E-state index contributed by atoms with van der Waals surface area (Å²) >= 11 is 2.88. The largest absolute Gasteiger partial charge is 0.416 e. The van der Waals surface area contributed by atoms with Gasteiger partial charge in [0.25, 0.3) is 0 Å². The number of thiophene rings is 2. The van der Waals surface area contributed by atoms with Crippen LogP contribution in [0.25, 0.3) is 0 Å². The summed E-state index contributed by atoms with van der Waals surface area (Å²) in [6.45, 7) is 0.244. The van der Waals surface area contributed by atoms with Gasteiger partial charge in [-0.05, 0) is 58.8 Å². The fourth-order valence-electron chi connectivity index (χ4n) is 2.32. The van der Waals surface area contributed by atoms with E-state index in [4.69, 9.17) is 0 Å². The van der Waals surface area contributed by atoms with Crippen LogP contribution in [0.5, 0.6) is 0 Å². The van der Waals surface area contributed by atoms with E-state index in [0.717, 1.165) is 27.5 Å². The molecule has 3 N–H and O–H groups in total. The molecule has 0 fully saturated rings. The van der Waals surface area contributed by atoms with Crippen molar-refractivity contribution in [1.82, 2.24) is 5.32 Å². The number of rotatable bonds is 5. The van der Waals surface area contributed by atoms with Crippen LogP contribution in [0.3, 0.4) is 0 Å². The molecule has 0 bridgehead atoms. The molecule has 1 atom stereocenters. The topological polar surface area (TPSA) is 61.4 Å². The summed E-state index contributed by atoms with van der Waals surface area (Å²) in [4.78, 5) is 13.5. The van der Waals surface area contributed by atoms with Gasteiger partial charge in [-0.25, -0.2) is 4.79 Å². The van der Waals surface area contributed by atoms with Crippen molar-refractivity contribution in [2.75, 3.05) is 5.32 Å². The number of hydrogen-bond donors (Lipinski definition) is 3. The molecule has 0 saturated carbocycles. The maximum Gasteiger partial charge on any atom is 0.416 e. The second kappa shape index (κ2) is 8.12. The van der Waals surface area contributed by atoms with E-state index in [9.17, 15) is 23.1 Å². The number of amides is 2. The number of anilines is 1. The maximum absolute atomic E-state index is 12.5. The molecular weight excluding hydrogens is 397 g/mol. The molecule has 0 aliphatic rings. The molecule has 3 aromatic rings. The Morgan fingerprint density at radius 3 is 2.48 bits per heavy atom. The lowest BCUT2D eigenvalue weighted by Gasteiger charge is -2.09. The molecule has 0 saturated heterocycles. The van der Waals surface area contributed by atoms with Crippen molar-refractivity contribution in [2.45, 2.75) is 18.8 Å². The zero-order valence-electron chi connectivity index (χ0n) is 13.8. The van der Waals surface area contributed by atoms with Crippen LogP contribution in [0.1, 0.15) is 27.0 Å². The van der Waals surface area contributed by atoms with Gasteiger partial charge in [-0.1, -0.05) is 0 Å². The molecule has 3 rings (SSSR count). The van der Waals surface area contributed by atoms with Gasteiger partial charge in [-0.2, -0.15) is 24.5 Å². The van der Waals surface area contributed by atoms with E-state index in [0.29, 0.717) is 0 Å². The monoisotopic (exact) mass is 412 g/mol. The van der Waals surface area contributed by atoms with Crippen LogP contribution in [0, 0.1) is 0 Å². The molecule has 9 heteroatoms. The van der Waals surface area contributed by atoms with Crippen LogP contribution in [-0.4, -0.2) is 11.1 Å². The van der Waals surface area contributed by atoms with E-state index >= 15 is 0 Å². The molecule has 1 unspecified atom stereocenters. The minimum Gasteiger partial charge on any atom is -0.383 e. The highest BCUT2D eigenvalue weighted by atomic mass is 32.1. The van der Waals surface area contributed by atoms with E-state index in [1.165, 1.54) is 34.8 Å². The number of carbonyl (C=O) groups excluding carboxylic acids is 1. The van der Waals surface area contributed by atoms with Crippen LogP contribution >= 0.6 is 22.7 Å². The standard InChI is InChI=1S/C18H15F3N2O2S2/c19-18(20,21)12-1-3-13(4-2-12)23-17(25)22-9-14-5-6-15(27-14)16(24)11-7-8-26-10-11/h1-8,10,16,24H,9H2,(H2,22,23,25). The lowest BCUT2D eigenvalue weighted by atomic mass is 10.2. The van der Waals surface area contributed by atoms with Gasteiger partial charge in [-0.3, -0.25) is 0 Å². The normalized spacial score (nSPS) is 12.6. The number of alkyl halides is 3. The number of benzene rings is 1. The lowest BCUT2D eigenvalue weighted by Crippen LogP contribution is -2.27. The van der Waals surface area contributed by atoms with E-state index in [1.54, 1.807) is 6.07 Å². The molecule has 4 nitrogen and oxygen atoms in total. The van der Waals surface area contributed by atoms with Gasteiger partial charge >= 0.3 is 12.2 Å². The maximum atomic E-state index is 12.5. The summed E-state index contributed by atoms with van der Waals surface area (Å²) in [5.74, 6) is 0. The summed E-state index contributed by atoms with van der Waals surface area (Å²) in [5, 5.41) is 19.2. The van der Waals surface area contributed by atoms with E-state index in [1.807, 2.05) is 22.9 Å². The first-order valence-corrected chi connectivity index (χ1v) is 9.60. The first-order chi connectivity index (χ1) is 12.8. The smallest absolute Gasteiger partial charge is 0.383 e. The van der Waals surface area contributed by atoms with Crippen molar-refractivity contribution in [3.63, 3.8) is 0 Å². The van der Waals surface area contributed by atoms with E-state index < -0.39 is 23.9 Å². The Kier molecular flexibility index (Phi) is 5.83. The average molecular weight is 412 g/mol. The zero-order valence-corrected chi connectivity index (χ0v) is 15.4. The molecule has 1 aromatic carbocycles. The van der Waals surface area contributed by atoms with Crippen LogP contribution in [0.15, 0.2) is 53.2 Å². The Hall–Kier alpha value is -2.36. The number of carbonyl (C=O) groups is 1. The van der Waals surface area contributed by atoms with Crippen LogP contribution < -0.4 is 10.6 Å². The van der Waals surface area contributed by atoms with Crippen molar-refractivity contribution in [3.8, 4) is 0 Å². The first-order valence-electron chi connectivity index (χ1n) is 7.84. The summed E-state index contributed by atoms with van der Waals surface area (Å²) in [6.07, 6.45) is -5.11. The minimum atomic E-state index is -4.41. The quantitative estimate of drug-likeness (QED) is 0.537. The molecule has 0 aliphatic heterocycles. The summed E-state index contributed by atoms with van der Waals surface area (Å²) in [6, 6.07) is 9.16. The number of aliphatic hydroxyl groups excluding tert-OH is 1. The fraction of sp³-hybridized carbons (Fsp3) is 0.167. The molecule has 0 aliphatic carbocycles. The predicted octanol–water partition coefficient (Wildman–Crippen LogP) is 5.23. The van der Waals surface area contributed by atoms with Gasteiger partial charge < -0.3 is 15.7 Å². The van der Waals surface area contributed by atoms with Crippen LogP contribution in [0.2, 0.25) is 0 Å². The third-order valence-corrected chi connectivity index (χ3v) is 5.54. The SMILES string of the molecule is O=C(NCc1ccc(C(O)c2ccsc2)s1)Nc1ccc(C(F)(F)F)cc1. The van der Waals surface area contributed by atoms with Gasteiger partial charge in [0.2, 0.25) is 0 Å². The molecule has 142 valence electrons. The molecule has 27 heavy (non-hydrogen) atoms. The highest BCUT2D eigenvalue weighted by Crippen LogP contribution is 2.30. The third kappa shape index (κ3) is 5.09. The number of hydrogen-bond acceptors (Lipinski definition) is 4. The van der Waals surface area contributed by atoms with Crippen molar-refractivity contribution < 1.29 is 23.1 Å². The van der Waals surface area contributed by atoms with Gasteiger partial charge in [0.1, 0.15) is 6.10 Å². The molecule has 0 spiro atoms. The number of aliphatic hydroxyl groups is 1. The zero-order chi connectivity index (χ0) is 19.4. The van der Waals surface area contributed by atoms with Gasteiger partial charge in [0, 0.05) is 15.4 Å². The Labute approximate surface area is 161 Å². The molecule has 2 aromatic heterocycles. The number of urea groups is 1.